The molecule has 0 aliphatic carbocycles. The fraction of sp³-hybridized carbons (Fsp3) is 0.278. The first-order valence-electron chi connectivity index (χ1n) is 14.4. The van der Waals surface area contributed by atoms with Crippen molar-refractivity contribution in [1.82, 2.24) is 4.90 Å². The van der Waals surface area contributed by atoms with E-state index < -0.39 is 5.97 Å². The van der Waals surface area contributed by atoms with Gasteiger partial charge < -0.3 is 14.7 Å². The van der Waals surface area contributed by atoms with Crippen LogP contribution in [-0.4, -0.2) is 40.6 Å². The standard InChI is InChI=1S/C36H36ClNO4/c1-36(23-27-12-16-31(37)17-13-27)24-30-22-26(14-18-33(30)42-36)15-19-34(39)38(21-20-35(40)41)25-32(28-8-4-2-5-9-28)29-10-6-3-7-11-29/h2-14,16-18,22,32H,15,19-21,23-25H2,1H3,(H,40,41)/t36-/m1/s1. The molecular formula is C36H36ClNO4. The van der Waals surface area contributed by atoms with Crippen LogP contribution in [0, 0.1) is 0 Å². The zero-order chi connectivity index (χ0) is 29.5. The summed E-state index contributed by atoms with van der Waals surface area (Å²) in [6.45, 7) is 2.72. The second-order valence-corrected chi connectivity index (χ2v) is 11.8. The third kappa shape index (κ3) is 7.59. The molecule has 216 valence electrons. The van der Waals surface area contributed by atoms with Crippen molar-refractivity contribution in [1.29, 1.82) is 0 Å². The summed E-state index contributed by atoms with van der Waals surface area (Å²) in [4.78, 5) is 26.8. The molecular weight excluding hydrogens is 546 g/mol. The summed E-state index contributed by atoms with van der Waals surface area (Å²) in [6, 6.07) is 34.2. The molecule has 0 unspecified atom stereocenters. The third-order valence-corrected chi connectivity index (χ3v) is 8.17. The fourth-order valence-electron chi connectivity index (χ4n) is 5.82. The summed E-state index contributed by atoms with van der Waals surface area (Å²) in [5, 5.41) is 10.1. The molecule has 0 fully saturated rings. The average Bonchev–Trinajstić information content (AvgIpc) is 3.33. The smallest absolute Gasteiger partial charge is 0.305 e. The van der Waals surface area contributed by atoms with Crippen LogP contribution < -0.4 is 4.74 Å². The predicted octanol–water partition coefficient (Wildman–Crippen LogP) is 7.34. The zero-order valence-corrected chi connectivity index (χ0v) is 24.6. The van der Waals surface area contributed by atoms with Crippen LogP contribution in [0.3, 0.4) is 0 Å². The normalized spacial score (nSPS) is 15.7. The van der Waals surface area contributed by atoms with E-state index in [1.54, 1.807) is 4.90 Å². The van der Waals surface area contributed by atoms with E-state index in [1.165, 1.54) is 5.56 Å². The molecule has 42 heavy (non-hydrogen) atoms. The Hall–Kier alpha value is -4.09. The van der Waals surface area contributed by atoms with Gasteiger partial charge in [-0.1, -0.05) is 96.5 Å². The Morgan fingerprint density at radius 3 is 2.12 bits per heavy atom. The maximum atomic E-state index is 13.6. The molecule has 4 aromatic rings. The number of halogens is 1. The molecule has 5 rings (SSSR count). The minimum Gasteiger partial charge on any atom is -0.487 e. The van der Waals surface area contributed by atoms with E-state index in [0.717, 1.165) is 45.9 Å². The number of carboxylic acids is 1. The molecule has 1 amide bonds. The van der Waals surface area contributed by atoms with Gasteiger partial charge in [-0.3, -0.25) is 9.59 Å². The van der Waals surface area contributed by atoms with Crippen molar-refractivity contribution in [3.63, 3.8) is 0 Å². The van der Waals surface area contributed by atoms with Gasteiger partial charge in [0, 0.05) is 43.3 Å². The first kappa shape index (κ1) is 29.4. The van der Waals surface area contributed by atoms with E-state index in [4.69, 9.17) is 16.3 Å². The van der Waals surface area contributed by atoms with Gasteiger partial charge in [0.1, 0.15) is 11.4 Å². The van der Waals surface area contributed by atoms with Crippen LogP contribution in [0.15, 0.2) is 103 Å². The SMILES string of the molecule is C[C@@]1(Cc2ccc(Cl)cc2)Cc2cc(CCC(=O)N(CCC(=O)O)CC(c3ccccc3)c3ccccc3)ccc2O1. The van der Waals surface area contributed by atoms with Gasteiger partial charge in [-0.2, -0.15) is 0 Å². The number of benzene rings is 4. The molecule has 1 heterocycles. The highest BCUT2D eigenvalue weighted by molar-refractivity contribution is 6.30. The lowest BCUT2D eigenvalue weighted by atomic mass is 9.90. The lowest BCUT2D eigenvalue weighted by Gasteiger charge is -2.28. The van der Waals surface area contributed by atoms with E-state index in [-0.39, 0.29) is 30.4 Å². The Morgan fingerprint density at radius 1 is 0.881 bits per heavy atom. The molecule has 0 radical (unpaired) electrons. The lowest BCUT2D eigenvalue weighted by molar-refractivity contribution is -0.138. The van der Waals surface area contributed by atoms with Crippen molar-refractivity contribution in [2.45, 2.75) is 50.5 Å². The maximum Gasteiger partial charge on any atom is 0.305 e. The molecule has 0 saturated heterocycles. The molecule has 1 atom stereocenters. The number of carbonyl (C=O) groups excluding carboxylic acids is 1. The van der Waals surface area contributed by atoms with Gasteiger partial charge in [-0.15, -0.1) is 0 Å². The number of amides is 1. The van der Waals surface area contributed by atoms with Crippen LogP contribution in [0.4, 0.5) is 0 Å². The second-order valence-electron chi connectivity index (χ2n) is 11.3. The van der Waals surface area contributed by atoms with E-state index in [2.05, 4.69) is 37.3 Å². The summed E-state index contributed by atoms with van der Waals surface area (Å²) in [5.41, 5.74) is 5.23. The Labute approximate surface area is 252 Å². The molecule has 1 N–H and O–H groups in total. The number of fused-ring (bicyclic) bond motifs is 1. The molecule has 4 aromatic carbocycles. The molecule has 6 heteroatoms. The van der Waals surface area contributed by atoms with Crippen molar-refractivity contribution in [2.75, 3.05) is 13.1 Å². The van der Waals surface area contributed by atoms with Gasteiger partial charge in [0.2, 0.25) is 5.91 Å². The fourth-order valence-corrected chi connectivity index (χ4v) is 5.94. The Kier molecular flexibility index (Phi) is 9.28. The Bertz CT molecular complexity index is 1470. The van der Waals surface area contributed by atoms with E-state index in [1.807, 2.05) is 72.8 Å². The van der Waals surface area contributed by atoms with Crippen LogP contribution in [0.2, 0.25) is 5.02 Å². The van der Waals surface area contributed by atoms with Gasteiger partial charge in [0.15, 0.2) is 0 Å². The maximum absolute atomic E-state index is 13.6. The minimum atomic E-state index is -0.913. The zero-order valence-electron chi connectivity index (χ0n) is 23.8. The first-order chi connectivity index (χ1) is 20.3. The first-order valence-corrected chi connectivity index (χ1v) is 14.8. The van der Waals surface area contributed by atoms with Gasteiger partial charge in [-0.25, -0.2) is 0 Å². The predicted molar refractivity (Wildman–Crippen MR) is 166 cm³/mol. The number of carboxylic acid groups (broad SMARTS) is 1. The highest BCUT2D eigenvalue weighted by Gasteiger charge is 2.35. The molecule has 5 nitrogen and oxygen atoms in total. The van der Waals surface area contributed by atoms with Crippen LogP contribution >= 0.6 is 11.6 Å². The average molecular weight is 582 g/mol. The van der Waals surface area contributed by atoms with Crippen molar-refractivity contribution in [3.8, 4) is 5.75 Å². The number of rotatable bonds is 12. The summed E-state index contributed by atoms with van der Waals surface area (Å²) < 4.78 is 6.37. The molecule has 1 aliphatic heterocycles. The van der Waals surface area contributed by atoms with Crippen molar-refractivity contribution in [3.05, 3.63) is 136 Å². The van der Waals surface area contributed by atoms with Gasteiger partial charge >= 0.3 is 5.97 Å². The van der Waals surface area contributed by atoms with Gasteiger partial charge in [-0.05, 0) is 59.4 Å². The number of carbonyl (C=O) groups is 2. The van der Waals surface area contributed by atoms with E-state index in [9.17, 15) is 14.7 Å². The van der Waals surface area contributed by atoms with Gasteiger partial charge in [0.05, 0.1) is 6.42 Å². The summed E-state index contributed by atoms with van der Waals surface area (Å²) >= 11 is 6.05. The quantitative estimate of drug-likeness (QED) is 0.190. The topological polar surface area (TPSA) is 66.8 Å². The van der Waals surface area contributed by atoms with Crippen LogP contribution in [0.25, 0.3) is 0 Å². The highest BCUT2D eigenvalue weighted by Crippen LogP contribution is 2.38. The molecule has 0 spiro atoms. The second kappa shape index (κ2) is 13.3. The number of hydrogen-bond acceptors (Lipinski definition) is 3. The number of hydrogen-bond donors (Lipinski definition) is 1. The van der Waals surface area contributed by atoms with Crippen LogP contribution in [0.1, 0.15) is 53.5 Å². The summed E-state index contributed by atoms with van der Waals surface area (Å²) in [6.07, 6.45) is 2.34. The summed E-state index contributed by atoms with van der Waals surface area (Å²) in [7, 11) is 0. The largest absolute Gasteiger partial charge is 0.487 e. The monoisotopic (exact) mass is 581 g/mol. The third-order valence-electron chi connectivity index (χ3n) is 7.92. The molecule has 0 saturated carbocycles. The van der Waals surface area contributed by atoms with E-state index >= 15 is 0 Å². The Balaban J connectivity index is 1.27. The van der Waals surface area contributed by atoms with Crippen LogP contribution in [-0.2, 0) is 28.9 Å². The lowest BCUT2D eigenvalue weighted by Crippen LogP contribution is -2.37. The van der Waals surface area contributed by atoms with Gasteiger partial charge in [0.25, 0.3) is 0 Å². The van der Waals surface area contributed by atoms with Crippen molar-refractivity contribution < 1.29 is 19.4 Å². The number of nitrogens with zero attached hydrogens (tertiary/aromatic N) is 1. The van der Waals surface area contributed by atoms with E-state index in [0.29, 0.717) is 19.4 Å². The molecule has 0 aromatic heterocycles. The van der Waals surface area contributed by atoms with Crippen LogP contribution in [0.5, 0.6) is 5.75 Å². The minimum absolute atomic E-state index is 0.0440. The number of ether oxygens (including phenoxy) is 1. The van der Waals surface area contributed by atoms with Crippen molar-refractivity contribution in [2.24, 2.45) is 0 Å². The van der Waals surface area contributed by atoms with Crippen molar-refractivity contribution >= 4 is 23.5 Å². The molecule has 1 aliphatic rings. The highest BCUT2D eigenvalue weighted by atomic mass is 35.5. The Morgan fingerprint density at radius 2 is 1.50 bits per heavy atom. The number of aliphatic carboxylic acids is 1. The molecule has 0 bridgehead atoms. The number of aryl methyl sites for hydroxylation is 1. The summed E-state index contributed by atoms with van der Waals surface area (Å²) in [5.74, 6) is -0.125.